The number of carbonyl (C=O) groups is 1. The zero-order chi connectivity index (χ0) is 10.4. The lowest BCUT2D eigenvalue weighted by Gasteiger charge is -2.36. The minimum atomic E-state index is -0.217. The Labute approximate surface area is 88.6 Å². The van der Waals surface area contributed by atoms with Crippen molar-refractivity contribution in [3.05, 3.63) is 47.5 Å². The number of ether oxygens (including phenoxy) is 1. The van der Waals surface area contributed by atoms with E-state index in [0.29, 0.717) is 5.57 Å². The van der Waals surface area contributed by atoms with Gasteiger partial charge in [-0.2, -0.15) is 0 Å². The average molecular weight is 200 g/mol. The van der Waals surface area contributed by atoms with Gasteiger partial charge in [0.05, 0.1) is 0 Å². The lowest BCUT2D eigenvalue weighted by atomic mass is 9.76. The van der Waals surface area contributed by atoms with E-state index in [2.05, 4.69) is 18.7 Å². The molecule has 1 fully saturated rings. The first-order chi connectivity index (χ1) is 7.25. The monoisotopic (exact) mass is 200 g/mol. The molecule has 0 spiro atoms. The molecule has 0 amide bonds. The Morgan fingerprint density at radius 3 is 3.00 bits per heavy atom. The highest BCUT2D eigenvalue weighted by Gasteiger charge is 2.37. The molecule has 0 saturated carbocycles. The van der Waals surface area contributed by atoms with E-state index in [-0.39, 0.29) is 18.0 Å². The zero-order valence-electron chi connectivity index (χ0n) is 8.40. The molecule has 2 bridgehead atoms. The largest absolute Gasteiger partial charge is 0.459 e. The van der Waals surface area contributed by atoms with Crippen molar-refractivity contribution < 1.29 is 9.53 Å². The second-order valence-corrected chi connectivity index (χ2v) is 4.24. The van der Waals surface area contributed by atoms with Crippen LogP contribution in [0.25, 0.3) is 0 Å². The maximum Gasteiger partial charge on any atom is 0.334 e. The van der Waals surface area contributed by atoms with E-state index >= 15 is 0 Å². The zero-order valence-corrected chi connectivity index (χ0v) is 8.40. The number of esters is 1. The molecule has 2 heteroatoms. The van der Waals surface area contributed by atoms with Crippen molar-refractivity contribution in [2.24, 2.45) is 0 Å². The fourth-order valence-corrected chi connectivity index (χ4v) is 2.57. The summed E-state index contributed by atoms with van der Waals surface area (Å²) in [5.74, 6) is -0.0352. The van der Waals surface area contributed by atoms with Gasteiger partial charge in [-0.25, -0.2) is 4.79 Å². The summed E-state index contributed by atoms with van der Waals surface area (Å²) < 4.78 is 5.29. The molecule has 0 aromatic heterocycles. The number of hydrogen-bond acceptors (Lipinski definition) is 2. The summed E-state index contributed by atoms with van der Waals surface area (Å²) in [6.45, 7) is 3.84. The molecule has 1 aromatic carbocycles. The van der Waals surface area contributed by atoms with Crippen LogP contribution >= 0.6 is 0 Å². The molecule has 0 radical (unpaired) electrons. The summed E-state index contributed by atoms with van der Waals surface area (Å²) in [6.07, 6.45) is 1.82. The number of carbonyl (C=O) groups excluding carboxylic acids is 1. The Morgan fingerprint density at radius 1 is 1.33 bits per heavy atom. The Morgan fingerprint density at radius 2 is 2.13 bits per heavy atom. The average Bonchev–Trinajstić information content (AvgIpc) is 2.25. The normalized spacial score (nSPS) is 28.3. The van der Waals surface area contributed by atoms with Crippen molar-refractivity contribution in [3.63, 3.8) is 0 Å². The molecule has 15 heavy (non-hydrogen) atoms. The van der Waals surface area contributed by atoms with Crippen molar-refractivity contribution in [2.45, 2.75) is 24.9 Å². The second-order valence-electron chi connectivity index (χ2n) is 4.24. The molecular weight excluding hydrogens is 188 g/mol. The summed E-state index contributed by atoms with van der Waals surface area (Å²) in [6, 6.07) is 8.26. The van der Waals surface area contributed by atoms with Crippen molar-refractivity contribution in [1.29, 1.82) is 0 Å². The standard InChI is InChI=1S/C13H12O2/c1-8-12-7-10(15-13(8)14)6-9-4-2-3-5-11(9)12/h2-5,10,12H,1,6-7H2/t10-,12+/m1/s1. The van der Waals surface area contributed by atoms with Crippen LogP contribution in [0.4, 0.5) is 0 Å². The third-order valence-electron chi connectivity index (χ3n) is 3.33. The van der Waals surface area contributed by atoms with E-state index in [4.69, 9.17) is 4.74 Å². The Bertz CT molecular complexity index is 448. The summed E-state index contributed by atoms with van der Waals surface area (Å²) in [4.78, 5) is 11.5. The van der Waals surface area contributed by atoms with Crippen molar-refractivity contribution in [1.82, 2.24) is 0 Å². The van der Waals surface area contributed by atoms with Crippen LogP contribution in [0, 0.1) is 0 Å². The molecule has 2 aliphatic rings. The van der Waals surface area contributed by atoms with Crippen molar-refractivity contribution in [2.75, 3.05) is 0 Å². The highest BCUT2D eigenvalue weighted by atomic mass is 16.5. The molecule has 0 N–H and O–H groups in total. The van der Waals surface area contributed by atoms with Gasteiger partial charge in [0.1, 0.15) is 6.10 Å². The van der Waals surface area contributed by atoms with Crippen LogP contribution in [0.15, 0.2) is 36.4 Å². The van der Waals surface area contributed by atoms with Crippen LogP contribution in [-0.2, 0) is 16.0 Å². The summed E-state index contributed by atoms with van der Waals surface area (Å²) in [5, 5.41) is 0. The highest BCUT2D eigenvalue weighted by molar-refractivity contribution is 5.91. The minimum Gasteiger partial charge on any atom is -0.459 e. The third kappa shape index (κ3) is 1.21. The molecule has 1 aliphatic heterocycles. The molecule has 1 saturated heterocycles. The first-order valence-corrected chi connectivity index (χ1v) is 5.23. The molecule has 1 aliphatic carbocycles. The number of rotatable bonds is 0. The van der Waals surface area contributed by atoms with Crippen LogP contribution in [0.5, 0.6) is 0 Å². The maximum absolute atomic E-state index is 11.5. The Balaban J connectivity index is 2.12. The van der Waals surface area contributed by atoms with Crippen LogP contribution in [0.2, 0.25) is 0 Å². The fraction of sp³-hybridized carbons (Fsp3) is 0.308. The van der Waals surface area contributed by atoms with Gasteiger partial charge in [-0.15, -0.1) is 0 Å². The maximum atomic E-state index is 11.5. The van der Waals surface area contributed by atoms with Gasteiger partial charge in [0.2, 0.25) is 0 Å². The van der Waals surface area contributed by atoms with E-state index < -0.39 is 0 Å². The molecule has 1 heterocycles. The lowest BCUT2D eigenvalue weighted by Crippen LogP contribution is -2.36. The number of benzene rings is 1. The second kappa shape index (κ2) is 2.96. The predicted molar refractivity (Wildman–Crippen MR) is 56.5 cm³/mol. The van der Waals surface area contributed by atoms with Gasteiger partial charge in [-0.05, 0) is 17.5 Å². The summed E-state index contributed by atoms with van der Waals surface area (Å²) >= 11 is 0. The van der Waals surface area contributed by atoms with Gasteiger partial charge >= 0.3 is 5.97 Å². The Kier molecular flexibility index (Phi) is 1.72. The minimum absolute atomic E-state index is 0.0582. The summed E-state index contributed by atoms with van der Waals surface area (Å²) in [7, 11) is 0. The van der Waals surface area contributed by atoms with Gasteiger partial charge in [0, 0.05) is 17.9 Å². The molecule has 3 rings (SSSR count). The van der Waals surface area contributed by atoms with E-state index in [1.165, 1.54) is 11.1 Å². The lowest BCUT2D eigenvalue weighted by molar-refractivity contribution is -0.148. The van der Waals surface area contributed by atoms with Gasteiger partial charge in [-0.1, -0.05) is 30.8 Å². The number of hydrogen-bond donors (Lipinski definition) is 0. The highest BCUT2D eigenvalue weighted by Crippen LogP contribution is 2.41. The molecule has 1 aromatic rings. The quantitative estimate of drug-likeness (QED) is 0.474. The first kappa shape index (κ1) is 8.72. The third-order valence-corrected chi connectivity index (χ3v) is 3.33. The van der Waals surface area contributed by atoms with Gasteiger partial charge in [-0.3, -0.25) is 0 Å². The smallest absolute Gasteiger partial charge is 0.334 e. The van der Waals surface area contributed by atoms with E-state index in [1.807, 2.05) is 12.1 Å². The van der Waals surface area contributed by atoms with E-state index in [1.54, 1.807) is 0 Å². The van der Waals surface area contributed by atoms with Gasteiger partial charge < -0.3 is 4.74 Å². The van der Waals surface area contributed by atoms with E-state index in [9.17, 15) is 4.79 Å². The van der Waals surface area contributed by atoms with Crippen LogP contribution in [0.1, 0.15) is 23.5 Å². The van der Waals surface area contributed by atoms with Gasteiger partial charge in [0.25, 0.3) is 0 Å². The molecular formula is C13H12O2. The van der Waals surface area contributed by atoms with E-state index in [0.717, 1.165) is 12.8 Å². The summed E-state index contributed by atoms with van der Waals surface area (Å²) in [5.41, 5.74) is 3.17. The Hall–Kier alpha value is -1.57. The SMILES string of the molecule is C=C1C(=O)O[C@@H]2Cc3ccccc3[C@H]1C2. The predicted octanol–water partition coefficient (Wildman–Crippen LogP) is 2.20. The number of fused-ring (bicyclic) bond motifs is 4. The molecule has 0 unspecified atom stereocenters. The first-order valence-electron chi connectivity index (χ1n) is 5.23. The topological polar surface area (TPSA) is 26.3 Å². The van der Waals surface area contributed by atoms with Gasteiger partial charge in [0.15, 0.2) is 0 Å². The van der Waals surface area contributed by atoms with Crippen LogP contribution in [-0.4, -0.2) is 12.1 Å². The van der Waals surface area contributed by atoms with Crippen molar-refractivity contribution in [3.8, 4) is 0 Å². The van der Waals surface area contributed by atoms with Crippen LogP contribution in [0.3, 0.4) is 0 Å². The molecule has 2 nitrogen and oxygen atoms in total. The fourth-order valence-electron chi connectivity index (χ4n) is 2.57. The molecule has 2 atom stereocenters. The van der Waals surface area contributed by atoms with Crippen molar-refractivity contribution >= 4 is 5.97 Å². The molecule has 76 valence electrons. The van der Waals surface area contributed by atoms with Crippen LogP contribution < -0.4 is 0 Å².